The van der Waals surface area contributed by atoms with Gasteiger partial charge in [0.2, 0.25) is 0 Å². The zero-order valence-electron chi connectivity index (χ0n) is 13.3. The predicted octanol–water partition coefficient (Wildman–Crippen LogP) is 3.38. The molecule has 116 valence electrons. The SMILES string of the molecule is CCCCN1CCC(C(=O)OCC)(c2ccccc2)CC1. The zero-order chi connectivity index (χ0) is 15.1. The van der Waals surface area contributed by atoms with Crippen molar-refractivity contribution in [2.75, 3.05) is 26.2 Å². The smallest absolute Gasteiger partial charge is 0.316 e. The zero-order valence-corrected chi connectivity index (χ0v) is 13.3. The van der Waals surface area contributed by atoms with Crippen molar-refractivity contribution in [1.82, 2.24) is 4.90 Å². The van der Waals surface area contributed by atoms with Crippen LogP contribution >= 0.6 is 0 Å². The third-order valence-electron chi connectivity index (χ3n) is 4.53. The summed E-state index contributed by atoms with van der Waals surface area (Å²) < 4.78 is 5.40. The Morgan fingerprint density at radius 2 is 1.86 bits per heavy atom. The van der Waals surface area contributed by atoms with Crippen LogP contribution in [0.25, 0.3) is 0 Å². The van der Waals surface area contributed by atoms with Crippen molar-refractivity contribution in [3.05, 3.63) is 35.9 Å². The number of carbonyl (C=O) groups is 1. The van der Waals surface area contributed by atoms with Crippen LogP contribution in [0.15, 0.2) is 30.3 Å². The number of carbonyl (C=O) groups excluding carboxylic acids is 1. The van der Waals surface area contributed by atoms with Gasteiger partial charge in [-0.25, -0.2) is 0 Å². The Balaban J connectivity index is 2.14. The van der Waals surface area contributed by atoms with Gasteiger partial charge in [-0.1, -0.05) is 43.7 Å². The van der Waals surface area contributed by atoms with E-state index < -0.39 is 5.41 Å². The molecule has 3 heteroatoms. The lowest BCUT2D eigenvalue weighted by molar-refractivity contribution is -0.152. The third-order valence-corrected chi connectivity index (χ3v) is 4.53. The maximum absolute atomic E-state index is 12.6. The normalized spacial score (nSPS) is 18.4. The van der Waals surface area contributed by atoms with Crippen molar-refractivity contribution in [3.8, 4) is 0 Å². The number of hydrogen-bond acceptors (Lipinski definition) is 3. The highest BCUT2D eigenvalue weighted by molar-refractivity contribution is 5.83. The quantitative estimate of drug-likeness (QED) is 0.752. The molecular weight excluding hydrogens is 262 g/mol. The number of unbranched alkanes of at least 4 members (excludes halogenated alkanes) is 1. The van der Waals surface area contributed by atoms with Gasteiger partial charge >= 0.3 is 5.97 Å². The maximum atomic E-state index is 12.6. The highest BCUT2D eigenvalue weighted by Crippen LogP contribution is 2.36. The minimum Gasteiger partial charge on any atom is -0.465 e. The Morgan fingerprint density at radius 3 is 2.43 bits per heavy atom. The fourth-order valence-corrected chi connectivity index (χ4v) is 3.18. The topological polar surface area (TPSA) is 29.5 Å². The molecular formula is C18H27NO2. The summed E-state index contributed by atoms with van der Waals surface area (Å²) in [4.78, 5) is 15.1. The molecule has 1 aliphatic rings. The van der Waals surface area contributed by atoms with Gasteiger partial charge in [0, 0.05) is 0 Å². The number of esters is 1. The van der Waals surface area contributed by atoms with E-state index in [2.05, 4.69) is 24.0 Å². The van der Waals surface area contributed by atoms with Gasteiger partial charge < -0.3 is 9.64 Å². The van der Waals surface area contributed by atoms with Gasteiger partial charge in [0.15, 0.2) is 0 Å². The molecule has 0 amide bonds. The number of ether oxygens (including phenoxy) is 1. The van der Waals surface area contributed by atoms with E-state index in [0.29, 0.717) is 6.61 Å². The second-order valence-corrected chi connectivity index (χ2v) is 5.86. The molecule has 0 saturated carbocycles. The Morgan fingerprint density at radius 1 is 1.19 bits per heavy atom. The fraction of sp³-hybridized carbons (Fsp3) is 0.611. The molecule has 1 saturated heterocycles. The molecule has 1 aromatic rings. The third kappa shape index (κ3) is 3.65. The molecule has 1 aromatic carbocycles. The van der Waals surface area contributed by atoms with Crippen LogP contribution < -0.4 is 0 Å². The van der Waals surface area contributed by atoms with E-state index in [0.717, 1.165) is 38.0 Å². The number of hydrogen-bond donors (Lipinski definition) is 0. The summed E-state index contributed by atoms with van der Waals surface area (Å²) >= 11 is 0. The van der Waals surface area contributed by atoms with Gasteiger partial charge in [-0.05, 0) is 51.4 Å². The number of benzene rings is 1. The van der Waals surface area contributed by atoms with E-state index in [1.165, 1.54) is 12.8 Å². The summed E-state index contributed by atoms with van der Waals surface area (Å²) in [5, 5.41) is 0. The second kappa shape index (κ2) is 7.60. The summed E-state index contributed by atoms with van der Waals surface area (Å²) in [5.74, 6) is -0.0497. The molecule has 0 aliphatic carbocycles. The van der Waals surface area contributed by atoms with Crippen molar-refractivity contribution < 1.29 is 9.53 Å². The molecule has 1 fully saturated rings. The van der Waals surface area contributed by atoms with Gasteiger partial charge in [-0.2, -0.15) is 0 Å². The predicted molar refractivity (Wildman–Crippen MR) is 85.3 cm³/mol. The van der Waals surface area contributed by atoms with Gasteiger partial charge in [-0.3, -0.25) is 4.79 Å². The number of nitrogens with zero attached hydrogens (tertiary/aromatic N) is 1. The van der Waals surface area contributed by atoms with E-state index in [9.17, 15) is 4.79 Å². The van der Waals surface area contributed by atoms with Crippen LogP contribution in [0, 0.1) is 0 Å². The lowest BCUT2D eigenvalue weighted by Crippen LogP contribution is -2.48. The van der Waals surface area contributed by atoms with Crippen molar-refractivity contribution >= 4 is 5.97 Å². The first-order valence-corrected chi connectivity index (χ1v) is 8.18. The monoisotopic (exact) mass is 289 g/mol. The molecule has 2 rings (SSSR count). The standard InChI is InChI=1S/C18H27NO2/c1-3-5-13-19-14-11-18(12-15-19,17(20)21-4-2)16-9-7-6-8-10-16/h6-10H,3-5,11-15H2,1-2H3. The molecule has 0 atom stereocenters. The lowest BCUT2D eigenvalue weighted by atomic mass is 9.72. The van der Waals surface area contributed by atoms with E-state index in [1.807, 2.05) is 25.1 Å². The second-order valence-electron chi connectivity index (χ2n) is 5.86. The van der Waals surface area contributed by atoms with Crippen LogP contribution in [0.1, 0.15) is 45.1 Å². The van der Waals surface area contributed by atoms with Crippen molar-refractivity contribution in [1.29, 1.82) is 0 Å². The molecule has 21 heavy (non-hydrogen) atoms. The first kappa shape index (κ1) is 16.0. The maximum Gasteiger partial charge on any atom is 0.316 e. The summed E-state index contributed by atoms with van der Waals surface area (Å²) in [5.41, 5.74) is 0.665. The highest BCUT2D eigenvalue weighted by atomic mass is 16.5. The molecule has 0 radical (unpaired) electrons. The number of likely N-dealkylation sites (tertiary alicyclic amines) is 1. The van der Waals surface area contributed by atoms with Gasteiger partial charge in [0.05, 0.1) is 12.0 Å². The Hall–Kier alpha value is -1.35. The molecule has 0 N–H and O–H groups in total. The molecule has 1 heterocycles. The van der Waals surface area contributed by atoms with Crippen LogP contribution in [0.3, 0.4) is 0 Å². The summed E-state index contributed by atoms with van der Waals surface area (Å²) in [6.07, 6.45) is 4.18. The van der Waals surface area contributed by atoms with Crippen LogP contribution in [-0.4, -0.2) is 37.1 Å². The number of piperidine rings is 1. The summed E-state index contributed by atoms with van der Waals surface area (Å²) in [6.45, 7) is 7.66. The van der Waals surface area contributed by atoms with Crippen molar-refractivity contribution in [3.63, 3.8) is 0 Å². The lowest BCUT2D eigenvalue weighted by Gasteiger charge is -2.40. The minimum absolute atomic E-state index is 0.0497. The van der Waals surface area contributed by atoms with E-state index in [1.54, 1.807) is 0 Å². The van der Waals surface area contributed by atoms with Crippen LogP contribution in [0.5, 0.6) is 0 Å². The van der Waals surface area contributed by atoms with E-state index in [4.69, 9.17) is 4.74 Å². The van der Waals surface area contributed by atoms with Gasteiger partial charge in [0.1, 0.15) is 0 Å². The van der Waals surface area contributed by atoms with Crippen molar-refractivity contribution in [2.24, 2.45) is 0 Å². The molecule has 0 aromatic heterocycles. The Kier molecular flexibility index (Phi) is 5.80. The molecule has 3 nitrogen and oxygen atoms in total. The Bertz CT molecular complexity index is 436. The molecule has 0 bridgehead atoms. The average molecular weight is 289 g/mol. The highest BCUT2D eigenvalue weighted by Gasteiger charge is 2.43. The van der Waals surface area contributed by atoms with E-state index >= 15 is 0 Å². The van der Waals surface area contributed by atoms with Gasteiger partial charge in [0.25, 0.3) is 0 Å². The molecule has 0 unspecified atom stereocenters. The fourth-order valence-electron chi connectivity index (χ4n) is 3.18. The molecule has 0 spiro atoms. The number of rotatable bonds is 6. The first-order chi connectivity index (χ1) is 10.2. The molecule has 1 aliphatic heterocycles. The summed E-state index contributed by atoms with van der Waals surface area (Å²) in [7, 11) is 0. The minimum atomic E-state index is -0.444. The first-order valence-electron chi connectivity index (χ1n) is 8.18. The average Bonchev–Trinajstić information content (AvgIpc) is 2.54. The Labute approximate surface area is 128 Å². The summed E-state index contributed by atoms with van der Waals surface area (Å²) in [6, 6.07) is 10.2. The van der Waals surface area contributed by atoms with Gasteiger partial charge in [-0.15, -0.1) is 0 Å². The van der Waals surface area contributed by atoms with Crippen LogP contribution in [0.4, 0.5) is 0 Å². The van der Waals surface area contributed by atoms with E-state index in [-0.39, 0.29) is 5.97 Å². The van der Waals surface area contributed by atoms with Crippen molar-refractivity contribution in [2.45, 2.75) is 44.9 Å². The largest absolute Gasteiger partial charge is 0.465 e. The van der Waals surface area contributed by atoms with Crippen LogP contribution in [-0.2, 0) is 14.9 Å². The van der Waals surface area contributed by atoms with Crippen LogP contribution in [0.2, 0.25) is 0 Å².